The summed E-state index contributed by atoms with van der Waals surface area (Å²) >= 11 is 11.6. The van der Waals surface area contributed by atoms with Crippen LogP contribution >= 0.6 is 23.2 Å². The van der Waals surface area contributed by atoms with Gasteiger partial charge in [0.15, 0.2) is 5.75 Å². The summed E-state index contributed by atoms with van der Waals surface area (Å²) in [5.41, 5.74) is -0.537. The number of carbonyl (C=O) groups is 1. The van der Waals surface area contributed by atoms with Crippen molar-refractivity contribution in [1.82, 2.24) is 15.1 Å². The second kappa shape index (κ2) is 6.29. The highest BCUT2D eigenvalue weighted by Crippen LogP contribution is 2.41. The molecule has 23 heavy (non-hydrogen) atoms. The van der Waals surface area contributed by atoms with Gasteiger partial charge in [0.05, 0.1) is 21.3 Å². The lowest BCUT2D eigenvalue weighted by Gasteiger charge is -2.11. The maximum Gasteiger partial charge on any atom is 0.416 e. The molecule has 0 unspecified atom stereocenters. The van der Waals surface area contributed by atoms with E-state index in [0.717, 1.165) is 4.68 Å². The number of amides is 1. The number of hydrogen-bond acceptors (Lipinski definition) is 3. The van der Waals surface area contributed by atoms with Crippen molar-refractivity contribution < 1.29 is 22.7 Å². The van der Waals surface area contributed by atoms with Crippen LogP contribution in [0.15, 0.2) is 18.2 Å². The van der Waals surface area contributed by atoms with E-state index in [0.29, 0.717) is 17.8 Å². The Kier molecular flexibility index (Phi) is 4.76. The number of aryl methyl sites for hydroxylation is 1. The van der Waals surface area contributed by atoms with Gasteiger partial charge < -0.3 is 10.1 Å². The maximum absolute atomic E-state index is 12.7. The van der Waals surface area contributed by atoms with Gasteiger partial charge in [0.2, 0.25) is 5.88 Å². The normalized spacial score (nSPS) is 11.4. The van der Waals surface area contributed by atoms with Crippen molar-refractivity contribution in [2.45, 2.75) is 13.1 Å². The number of alkyl halides is 3. The first kappa shape index (κ1) is 17.4. The predicted octanol–water partition coefficient (Wildman–Crippen LogP) is 4.50. The molecule has 0 atom stereocenters. The van der Waals surface area contributed by atoms with E-state index in [9.17, 15) is 18.0 Å². The zero-order valence-electron chi connectivity index (χ0n) is 11.8. The lowest BCUT2D eigenvalue weighted by atomic mass is 10.2. The molecule has 0 fully saturated rings. The van der Waals surface area contributed by atoms with Gasteiger partial charge in [-0.3, -0.25) is 0 Å². The summed E-state index contributed by atoms with van der Waals surface area (Å²) in [5, 5.41) is 5.60. The predicted molar refractivity (Wildman–Crippen MR) is 78.4 cm³/mol. The topological polar surface area (TPSA) is 56.2 Å². The summed E-state index contributed by atoms with van der Waals surface area (Å²) in [6, 6.07) is 2.32. The minimum Gasteiger partial charge on any atom is -0.434 e. The largest absolute Gasteiger partial charge is 0.434 e. The van der Waals surface area contributed by atoms with E-state index in [1.165, 1.54) is 13.1 Å². The van der Waals surface area contributed by atoms with Crippen LogP contribution in [0.5, 0.6) is 11.6 Å². The highest BCUT2D eigenvalue weighted by molar-refractivity contribution is 6.37. The average molecular weight is 368 g/mol. The summed E-state index contributed by atoms with van der Waals surface area (Å²) in [7, 11) is 1.42. The number of ether oxygens (including phenoxy) is 1. The lowest BCUT2D eigenvalue weighted by molar-refractivity contribution is -0.137. The standard InChI is InChI=1S/C13H10Cl2F3N3O2/c1-6-3-10(20-21(6)12(22)19-2)23-11-8(14)4-7(5-9(11)15)13(16,17)18/h3-5H,1-2H3,(H,19,22). The molecule has 0 spiro atoms. The number of rotatable bonds is 2. The molecule has 0 aliphatic rings. The Morgan fingerprint density at radius 2 is 1.83 bits per heavy atom. The summed E-state index contributed by atoms with van der Waals surface area (Å²) in [4.78, 5) is 11.5. The second-order valence-corrected chi connectivity index (χ2v) is 5.27. The Morgan fingerprint density at radius 3 is 2.30 bits per heavy atom. The van der Waals surface area contributed by atoms with Gasteiger partial charge in [-0.15, -0.1) is 5.10 Å². The Hall–Kier alpha value is -1.93. The van der Waals surface area contributed by atoms with E-state index in [1.807, 2.05) is 0 Å². The van der Waals surface area contributed by atoms with Gasteiger partial charge >= 0.3 is 12.2 Å². The van der Waals surface area contributed by atoms with Crippen LogP contribution < -0.4 is 10.1 Å². The summed E-state index contributed by atoms with van der Waals surface area (Å²) < 4.78 is 44.4. The van der Waals surface area contributed by atoms with Gasteiger partial charge in [0.1, 0.15) is 0 Å². The van der Waals surface area contributed by atoms with E-state index in [1.54, 1.807) is 6.92 Å². The van der Waals surface area contributed by atoms with Crippen molar-refractivity contribution in [2.24, 2.45) is 0 Å². The number of aromatic nitrogens is 2. The molecule has 5 nitrogen and oxygen atoms in total. The van der Waals surface area contributed by atoms with Crippen molar-refractivity contribution in [2.75, 3.05) is 7.05 Å². The summed E-state index contributed by atoms with van der Waals surface area (Å²) in [6.07, 6.45) is -4.58. The van der Waals surface area contributed by atoms with Gasteiger partial charge in [-0.1, -0.05) is 23.2 Å². The molecule has 1 heterocycles. The van der Waals surface area contributed by atoms with Crippen LogP contribution in [-0.4, -0.2) is 22.9 Å². The molecule has 10 heteroatoms. The smallest absolute Gasteiger partial charge is 0.416 e. The zero-order valence-corrected chi connectivity index (χ0v) is 13.3. The quantitative estimate of drug-likeness (QED) is 0.850. The molecule has 2 aromatic rings. The van der Waals surface area contributed by atoms with Crippen LogP contribution in [0, 0.1) is 6.92 Å². The molecule has 1 amide bonds. The molecule has 2 rings (SSSR count). The van der Waals surface area contributed by atoms with Crippen LogP contribution in [0.4, 0.5) is 18.0 Å². The summed E-state index contributed by atoms with van der Waals surface area (Å²) in [6.45, 7) is 1.60. The minimum atomic E-state index is -4.58. The van der Waals surface area contributed by atoms with E-state index >= 15 is 0 Å². The molecule has 1 aromatic carbocycles. The molecule has 1 aromatic heterocycles. The van der Waals surface area contributed by atoms with Crippen molar-refractivity contribution in [1.29, 1.82) is 0 Å². The van der Waals surface area contributed by atoms with Gasteiger partial charge in [-0.25, -0.2) is 4.79 Å². The third-order valence-electron chi connectivity index (χ3n) is 2.80. The van der Waals surface area contributed by atoms with Crippen molar-refractivity contribution >= 4 is 29.2 Å². The number of benzene rings is 1. The number of carbonyl (C=O) groups excluding carboxylic acids is 1. The van der Waals surface area contributed by atoms with Crippen LogP contribution in [0.3, 0.4) is 0 Å². The third kappa shape index (κ3) is 3.70. The zero-order chi connectivity index (χ0) is 17.4. The third-order valence-corrected chi connectivity index (χ3v) is 3.36. The summed E-state index contributed by atoms with van der Waals surface area (Å²) in [5.74, 6) is -0.211. The first-order valence-electron chi connectivity index (χ1n) is 6.16. The van der Waals surface area contributed by atoms with E-state index in [4.69, 9.17) is 27.9 Å². The molecule has 124 valence electrons. The monoisotopic (exact) mass is 367 g/mol. The molecule has 0 saturated carbocycles. The number of hydrogen-bond donors (Lipinski definition) is 1. The SMILES string of the molecule is CNC(=O)n1nc(Oc2c(Cl)cc(C(F)(F)F)cc2Cl)cc1C. The van der Waals surface area contributed by atoms with Crippen LogP contribution in [0.2, 0.25) is 10.0 Å². The number of halogens is 5. The van der Waals surface area contributed by atoms with Gasteiger partial charge in [-0.05, 0) is 19.1 Å². The highest BCUT2D eigenvalue weighted by atomic mass is 35.5. The first-order valence-corrected chi connectivity index (χ1v) is 6.92. The molecule has 1 N–H and O–H groups in total. The van der Waals surface area contributed by atoms with Crippen molar-refractivity contribution in [3.05, 3.63) is 39.5 Å². The second-order valence-electron chi connectivity index (χ2n) is 4.46. The molecule has 0 bridgehead atoms. The van der Waals surface area contributed by atoms with E-state index in [2.05, 4.69) is 10.4 Å². The van der Waals surface area contributed by atoms with Crippen LogP contribution in [-0.2, 0) is 6.18 Å². The first-order chi connectivity index (χ1) is 10.6. The minimum absolute atomic E-state index is 0.0327. The van der Waals surface area contributed by atoms with Crippen molar-refractivity contribution in [3.63, 3.8) is 0 Å². The fourth-order valence-corrected chi connectivity index (χ4v) is 2.30. The number of nitrogens with zero attached hydrogens (tertiary/aromatic N) is 2. The lowest BCUT2D eigenvalue weighted by Crippen LogP contribution is -2.26. The van der Waals surface area contributed by atoms with E-state index < -0.39 is 17.8 Å². The average Bonchev–Trinajstić information content (AvgIpc) is 2.81. The number of nitrogens with one attached hydrogen (secondary N) is 1. The molecule has 0 aliphatic heterocycles. The van der Waals surface area contributed by atoms with Gasteiger partial charge in [0, 0.05) is 13.1 Å². The van der Waals surface area contributed by atoms with Gasteiger partial charge in [-0.2, -0.15) is 17.9 Å². The fraction of sp³-hybridized carbons (Fsp3) is 0.231. The molecular formula is C13H10Cl2F3N3O2. The Morgan fingerprint density at radius 1 is 1.26 bits per heavy atom. The van der Waals surface area contributed by atoms with Crippen molar-refractivity contribution in [3.8, 4) is 11.6 Å². The van der Waals surface area contributed by atoms with Crippen LogP contribution in [0.1, 0.15) is 11.3 Å². The highest BCUT2D eigenvalue weighted by Gasteiger charge is 2.32. The molecule has 0 aliphatic carbocycles. The fourth-order valence-electron chi connectivity index (χ4n) is 1.73. The Labute approximate surface area is 138 Å². The Balaban J connectivity index is 2.36. The maximum atomic E-state index is 12.7. The van der Waals surface area contributed by atoms with E-state index in [-0.39, 0.29) is 21.7 Å². The molecular weight excluding hydrogens is 358 g/mol. The molecule has 0 radical (unpaired) electrons. The Bertz CT molecular complexity index is 736. The van der Waals surface area contributed by atoms with Crippen LogP contribution in [0.25, 0.3) is 0 Å². The van der Waals surface area contributed by atoms with Gasteiger partial charge in [0.25, 0.3) is 0 Å². The molecule has 0 saturated heterocycles.